The number of aromatic nitrogens is 1. The zero-order valence-electron chi connectivity index (χ0n) is 29.3. The van der Waals surface area contributed by atoms with Crippen molar-refractivity contribution in [2.45, 2.75) is 122 Å². The molecule has 1 saturated carbocycles. The number of alkyl halides is 5. The Morgan fingerprint density at radius 2 is 1.84 bits per heavy atom. The lowest BCUT2D eigenvalue weighted by atomic mass is 9.87. The van der Waals surface area contributed by atoms with Gasteiger partial charge in [-0.05, 0) is 76.3 Å². The van der Waals surface area contributed by atoms with E-state index in [4.69, 9.17) is 14.2 Å². The number of hydrogen-bond donors (Lipinski definition) is 1. The van der Waals surface area contributed by atoms with E-state index < -0.39 is 94.3 Å². The van der Waals surface area contributed by atoms with Crippen LogP contribution in [-0.2, 0) is 26.4 Å². The highest BCUT2D eigenvalue weighted by molar-refractivity contribution is 5.92. The van der Waals surface area contributed by atoms with Crippen LogP contribution in [0.1, 0.15) is 97.1 Å². The number of benzene rings is 1. The van der Waals surface area contributed by atoms with Crippen molar-refractivity contribution in [3.05, 3.63) is 29.3 Å². The Morgan fingerprint density at radius 1 is 1.14 bits per heavy atom. The highest BCUT2D eigenvalue weighted by Gasteiger charge is 2.52. The maximum Gasteiger partial charge on any atom is 0.417 e. The van der Waals surface area contributed by atoms with Gasteiger partial charge in [0.1, 0.15) is 23.5 Å². The third-order valence-electron chi connectivity index (χ3n) is 10.8. The van der Waals surface area contributed by atoms with Crippen LogP contribution < -0.4 is 14.8 Å². The molecule has 2 aromatic rings. The summed E-state index contributed by atoms with van der Waals surface area (Å²) in [5, 5.41) is 2.18. The maximum atomic E-state index is 16.5. The van der Waals surface area contributed by atoms with Gasteiger partial charge in [0.05, 0.1) is 36.3 Å². The molecule has 3 heterocycles. The Kier molecular flexibility index (Phi) is 10.6. The van der Waals surface area contributed by atoms with Crippen molar-refractivity contribution in [1.29, 1.82) is 0 Å². The number of methoxy groups -OCH3 is 1. The molecule has 1 unspecified atom stereocenters. The van der Waals surface area contributed by atoms with Crippen LogP contribution >= 0.6 is 0 Å². The number of alkyl carbamates (subject to hydrolysis) is 1. The van der Waals surface area contributed by atoms with E-state index in [9.17, 15) is 27.6 Å². The van der Waals surface area contributed by atoms with Crippen molar-refractivity contribution in [2.24, 2.45) is 17.8 Å². The molecule has 14 heteroatoms. The van der Waals surface area contributed by atoms with Gasteiger partial charge in [-0.25, -0.2) is 18.6 Å². The van der Waals surface area contributed by atoms with E-state index in [1.54, 1.807) is 27.7 Å². The van der Waals surface area contributed by atoms with Crippen LogP contribution in [0.25, 0.3) is 10.9 Å². The van der Waals surface area contributed by atoms with Crippen molar-refractivity contribution in [3.63, 3.8) is 0 Å². The summed E-state index contributed by atoms with van der Waals surface area (Å²) >= 11 is 0. The zero-order valence-corrected chi connectivity index (χ0v) is 29.3. The summed E-state index contributed by atoms with van der Waals surface area (Å²) in [5.74, 6) is -7.22. The molecule has 1 aromatic carbocycles. The Balaban J connectivity index is 1.70. The molecule has 50 heavy (non-hydrogen) atoms. The van der Waals surface area contributed by atoms with Crippen LogP contribution in [0.15, 0.2) is 18.2 Å². The standard InChI is InChI=1S/C36H46F5N3O6/c1-7-23-26-18-44(30(23)20(4)45)32(46)29(19(2)3)43-33(47)50-34(5)15-10-12-21(34)11-8-9-16-35(37,38)28-27(36(39,40)41)24-14-13-22(48-6)17-25(24)42-31(28)49-26/h13-14,17,19,21,23,26,29-30H,7-12,15-16,18H2,1-6H3,(H,43,47)/t21-,23?,26+,29+,30-,34-/m1/s1. The number of nitrogens with one attached hydrogen (secondary N) is 1. The molecule has 1 aliphatic carbocycles. The largest absolute Gasteiger partial charge is 0.497 e. The number of Topliss-reactive ketones (excluding diaryl/α,β-unsaturated/α-hetero) is 1. The molecule has 5 rings (SSSR count). The predicted molar refractivity (Wildman–Crippen MR) is 174 cm³/mol. The summed E-state index contributed by atoms with van der Waals surface area (Å²) < 4.78 is 95.2. The Hall–Kier alpha value is -3.71. The minimum absolute atomic E-state index is 0.117. The second kappa shape index (κ2) is 14.1. The molecule has 2 aliphatic heterocycles. The van der Waals surface area contributed by atoms with Crippen LogP contribution in [0.2, 0.25) is 0 Å². The van der Waals surface area contributed by atoms with E-state index in [0.29, 0.717) is 19.3 Å². The van der Waals surface area contributed by atoms with Gasteiger partial charge in [-0.3, -0.25) is 9.59 Å². The SMILES string of the molecule is CCC1[C@@H]2CN(C(=O)[C@H](C(C)C)NC(=O)O[C@]3(C)CCC[C@H]3CCCCC(F)(F)c3c(nc4cc(OC)ccc4c3C(F)(F)F)O2)[C@@H]1C(C)=O. The summed E-state index contributed by atoms with van der Waals surface area (Å²) in [6.07, 6.45) is -5.41. The topological polar surface area (TPSA) is 107 Å². The molecule has 1 N–H and O–H groups in total. The Labute approximate surface area is 288 Å². The fourth-order valence-electron chi connectivity index (χ4n) is 8.16. The van der Waals surface area contributed by atoms with Crippen LogP contribution in [0.3, 0.4) is 0 Å². The van der Waals surface area contributed by atoms with Crippen molar-refractivity contribution < 1.29 is 50.5 Å². The lowest BCUT2D eigenvalue weighted by molar-refractivity contribution is -0.141. The summed E-state index contributed by atoms with van der Waals surface area (Å²) in [6, 6.07) is 1.31. The molecule has 276 valence electrons. The third kappa shape index (κ3) is 7.21. The van der Waals surface area contributed by atoms with E-state index in [0.717, 1.165) is 12.5 Å². The summed E-state index contributed by atoms with van der Waals surface area (Å²) in [6.45, 7) is 7.90. The molecule has 1 aromatic heterocycles. The Morgan fingerprint density at radius 3 is 2.46 bits per heavy atom. The van der Waals surface area contributed by atoms with Crippen molar-refractivity contribution in [3.8, 4) is 11.6 Å². The van der Waals surface area contributed by atoms with Gasteiger partial charge in [0.25, 0.3) is 5.92 Å². The normalized spacial score (nSPS) is 29.4. The number of nitrogens with zero attached hydrogens (tertiary/aromatic N) is 2. The summed E-state index contributed by atoms with van der Waals surface area (Å²) in [7, 11) is 1.32. The van der Waals surface area contributed by atoms with Crippen molar-refractivity contribution >= 4 is 28.7 Å². The molecule has 0 radical (unpaired) electrons. The fraction of sp³-hybridized carbons (Fsp3) is 0.667. The lowest BCUT2D eigenvalue weighted by Gasteiger charge is -2.34. The van der Waals surface area contributed by atoms with Gasteiger partial charge in [-0.15, -0.1) is 0 Å². The van der Waals surface area contributed by atoms with E-state index in [1.807, 2.05) is 0 Å². The number of fused-ring (bicyclic) bond motifs is 5. The number of carbonyl (C=O) groups is 3. The average molecular weight is 712 g/mol. The second-order valence-electron chi connectivity index (χ2n) is 14.4. The first-order chi connectivity index (χ1) is 23.4. The fourth-order valence-corrected chi connectivity index (χ4v) is 8.16. The molecule has 2 bridgehead atoms. The smallest absolute Gasteiger partial charge is 0.417 e. The van der Waals surface area contributed by atoms with E-state index in [2.05, 4.69) is 10.3 Å². The number of ketones is 1. The number of pyridine rings is 1. The molecule has 9 nitrogen and oxygen atoms in total. The lowest BCUT2D eigenvalue weighted by Crippen LogP contribution is -2.55. The molecular formula is C36H46F5N3O6. The number of hydrogen-bond acceptors (Lipinski definition) is 7. The second-order valence-corrected chi connectivity index (χ2v) is 14.4. The minimum atomic E-state index is -5.22. The van der Waals surface area contributed by atoms with Crippen LogP contribution in [0.4, 0.5) is 26.7 Å². The molecule has 6 atom stereocenters. The number of amides is 2. The molecule has 3 aliphatic rings. The van der Waals surface area contributed by atoms with Gasteiger partial charge < -0.3 is 24.4 Å². The first-order valence-corrected chi connectivity index (χ1v) is 17.4. The first-order valence-electron chi connectivity index (χ1n) is 17.4. The maximum absolute atomic E-state index is 16.5. The third-order valence-corrected chi connectivity index (χ3v) is 10.8. The molecule has 2 fully saturated rings. The number of carbonyl (C=O) groups excluding carboxylic acids is 3. The summed E-state index contributed by atoms with van der Waals surface area (Å²) in [4.78, 5) is 46.1. The molecule has 0 spiro atoms. The number of rotatable bonds is 4. The first kappa shape index (κ1) is 37.5. The minimum Gasteiger partial charge on any atom is -0.497 e. The highest BCUT2D eigenvalue weighted by Crippen LogP contribution is 2.50. The van der Waals surface area contributed by atoms with Crippen molar-refractivity contribution in [1.82, 2.24) is 15.2 Å². The molecule has 1 saturated heterocycles. The molecule has 2 amide bonds. The number of ether oxygens (including phenoxy) is 3. The van der Waals surface area contributed by atoms with Gasteiger partial charge in [0, 0.05) is 23.8 Å². The van der Waals surface area contributed by atoms with Gasteiger partial charge in [-0.1, -0.05) is 27.2 Å². The van der Waals surface area contributed by atoms with Crippen LogP contribution in [0.5, 0.6) is 11.6 Å². The van der Waals surface area contributed by atoms with E-state index >= 15 is 8.78 Å². The predicted octanol–water partition coefficient (Wildman–Crippen LogP) is 7.81. The average Bonchev–Trinajstić information content (AvgIpc) is 3.58. The monoisotopic (exact) mass is 711 g/mol. The molecular weight excluding hydrogens is 665 g/mol. The quantitative estimate of drug-likeness (QED) is 0.323. The van der Waals surface area contributed by atoms with E-state index in [-0.39, 0.29) is 43.0 Å². The highest BCUT2D eigenvalue weighted by atomic mass is 19.4. The van der Waals surface area contributed by atoms with Crippen LogP contribution in [-0.4, -0.2) is 65.1 Å². The van der Waals surface area contributed by atoms with E-state index in [1.165, 1.54) is 31.1 Å². The summed E-state index contributed by atoms with van der Waals surface area (Å²) in [5.41, 5.74) is -4.12. The van der Waals surface area contributed by atoms with Gasteiger partial charge in [0.15, 0.2) is 5.78 Å². The van der Waals surface area contributed by atoms with Crippen LogP contribution in [0, 0.1) is 17.8 Å². The van der Waals surface area contributed by atoms with Crippen molar-refractivity contribution in [2.75, 3.05) is 13.7 Å². The number of halogens is 5. The van der Waals surface area contributed by atoms with Gasteiger partial charge >= 0.3 is 12.3 Å². The Bertz CT molecular complexity index is 1620. The van der Waals surface area contributed by atoms with Gasteiger partial charge in [0.2, 0.25) is 11.8 Å². The van der Waals surface area contributed by atoms with Gasteiger partial charge in [-0.2, -0.15) is 13.2 Å². The zero-order chi connectivity index (χ0) is 36.8.